The summed E-state index contributed by atoms with van der Waals surface area (Å²) in [5, 5.41) is 6.71. The van der Waals surface area contributed by atoms with Gasteiger partial charge in [0, 0.05) is 24.3 Å². The molecule has 1 atom stereocenters. The Morgan fingerprint density at radius 1 is 1.09 bits per heavy atom. The largest absolute Gasteiger partial charge is 0.418 e. The predicted molar refractivity (Wildman–Crippen MR) is 120 cm³/mol. The number of amides is 1. The summed E-state index contributed by atoms with van der Waals surface area (Å²) in [4.78, 5) is 27.2. The minimum Gasteiger partial charge on any atom is -0.349 e. The predicted octanol–water partition coefficient (Wildman–Crippen LogP) is 3.46. The van der Waals surface area contributed by atoms with Gasteiger partial charge >= 0.3 is 6.18 Å². The van der Waals surface area contributed by atoms with Crippen LogP contribution in [0.15, 0.2) is 65.5 Å². The number of nitrogens with one attached hydrogen (secondary N) is 1. The van der Waals surface area contributed by atoms with Gasteiger partial charge in [-0.05, 0) is 45.1 Å². The first kappa shape index (κ1) is 24.2. The third-order valence-corrected chi connectivity index (χ3v) is 5.30. The highest BCUT2D eigenvalue weighted by molar-refractivity contribution is 5.92. The molecule has 33 heavy (non-hydrogen) atoms. The van der Waals surface area contributed by atoms with E-state index in [1.54, 1.807) is 0 Å². The van der Waals surface area contributed by atoms with Crippen molar-refractivity contribution >= 4 is 5.91 Å². The Morgan fingerprint density at radius 2 is 1.73 bits per heavy atom. The Kier molecular flexibility index (Phi) is 7.33. The second kappa shape index (κ2) is 9.99. The van der Waals surface area contributed by atoms with Gasteiger partial charge in [0.1, 0.15) is 0 Å². The van der Waals surface area contributed by atoms with E-state index in [2.05, 4.69) is 10.4 Å². The molecule has 1 N–H and O–H groups in total. The van der Waals surface area contributed by atoms with Gasteiger partial charge in [-0.25, -0.2) is 4.68 Å². The fourth-order valence-corrected chi connectivity index (χ4v) is 3.46. The molecule has 0 aliphatic carbocycles. The molecule has 1 heterocycles. The molecule has 0 radical (unpaired) electrons. The summed E-state index contributed by atoms with van der Waals surface area (Å²) >= 11 is 0. The number of nitrogens with zero attached hydrogens (tertiary/aromatic N) is 3. The Labute approximate surface area is 189 Å². The third-order valence-electron chi connectivity index (χ3n) is 5.30. The molecule has 0 aliphatic heterocycles. The second-order valence-electron chi connectivity index (χ2n) is 7.94. The number of aromatic nitrogens is 2. The Morgan fingerprint density at radius 3 is 2.36 bits per heavy atom. The van der Waals surface area contributed by atoms with Gasteiger partial charge in [0.2, 0.25) is 5.43 Å². The molecule has 0 saturated carbocycles. The van der Waals surface area contributed by atoms with Crippen LogP contribution in [0, 0.1) is 6.92 Å². The highest BCUT2D eigenvalue weighted by Gasteiger charge is 2.34. The van der Waals surface area contributed by atoms with E-state index in [1.807, 2.05) is 49.3 Å². The average Bonchev–Trinajstić information content (AvgIpc) is 2.76. The molecule has 0 fully saturated rings. The molecule has 1 unspecified atom stereocenters. The van der Waals surface area contributed by atoms with E-state index in [1.165, 1.54) is 25.1 Å². The van der Waals surface area contributed by atoms with Crippen LogP contribution in [0.3, 0.4) is 0 Å². The third kappa shape index (κ3) is 5.87. The summed E-state index contributed by atoms with van der Waals surface area (Å²) in [7, 11) is 3.76. The summed E-state index contributed by atoms with van der Waals surface area (Å²) in [5.41, 5.74) is -1.02. The molecule has 1 aromatic heterocycles. The Balaban J connectivity index is 1.87. The van der Waals surface area contributed by atoms with Crippen LogP contribution in [0.25, 0.3) is 5.69 Å². The first-order chi connectivity index (χ1) is 15.6. The number of para-hydroxylation sites is 1. The molecular weight excluding hydrogens is 433 g/mol. The van der Waals surface area contributed by atoms with Crippen molar-refractivity contribution in [1.29, 1.82) is 0 Å². The van der Waals surface area contributed by atoms with Crippen molar-refractivity contribution in [3.8, 4) is 5.69 Å². The van der Waals surface area contributed by atoms with E-state index in [4.69, 9.17) is 0 Å². The second-order valence-corrected chi connectivity index (χ2v) is 7.94. The van der Waals surface area contributed by atoms with Crippen molar-refractivity contribution in [1.82, 2.24) is 20.0 Å². The van der Waals surface area contributed by atoms with Crippen LogP contribution in [0.5, 0.6) is 0 Å². The molecule has 2 aromatic carbocycles. The molecule has 0 spiro atoms. The zero-order valence-electron chi connectivity index (χ0n) is 18.6. The molecule has 9 heteroatoms. The van der Waals surface area contributed by atoms with Crippen LogP contribution < -0.4 is 10.7 Å². The number of rotatable bonds is 7. The van der Waals surface area contributed by atoms with E-state index in [0.717, 1.165) is 22.4 Å². The van der Waals surface area contributed by atoms with Gasteiger partial charge in [-0.3, -0.25) is 9.59 Å². The zero-order valence-corrected chi connectivity index (χ0v) is 18.6. The molecule has 0 bridgehead atoms. The number of halogens is 3. The van der Waals surface area contributed by atoms with Gasteiger partial charge in [-0.15, -0.1) is 0 Å². The maximum absolute atomic E-state index is 13.5. The quantitative estimate of drug-likeness (QED) is 0.589. The Bertz CT molecular complexity index is 1170. The minimum atomic E-state index is -4.62. The number of likely N-dealkylation sites (N-methyl/N-ethyl adjacent to an activating group) is 1. The van der Waals surface area contributed by atoms with Crippen LogP contribution in [0.1, 0.15) is 27.3 Å². The first-order valence-corrected chi connectivity index (χ1v) is 10.3. The molecule has 0 saturated heterocycles. The first-order valence-electron chi connectivity index (χ1n) is 10.3. The van der Waals surface area contributed by atoms with E-state index in [9.17, 15) is 22.8 Å². The molecule has 6 nitrogen and oxygen atoms in total. The minimum absolute atomic E-state index is 0.0602. The number of hydrogen-bond donors (Lipinski definition) is 1. The van der Waals surface area contributed by atoms with Crippen molar-refractivity contribution in [3.05, 3.63) is 93.4 Å². The number of aryl methyl sites for hydroxylation is 1. The molecule has 3 rings (SSSR count). The van der Waals surface area contributed by atoms with Crippen molar-refractivity contribution < 1.29 is 18.0 Å². The van der Waals surface area contributed by atoms with Crippen LogP contribution >= 0.6 is 0 Å². The van der Waals surface area contributed by atoms with Gasteiger partial charge in [0.05, 0.1) is 11.3 Å². The zero-order chi connectivity index (χ0) is 24.2. The van der Waals surface area contributed by atoms with Gasteiger partial charge < -0.3 is 10.2 Å². The SMILES string of the molecule is Cc1cc(=O)c(C(=O)NCC(Cc2ccccc2)N(C)C)nn1-c1ccccc1C(F)(F)F. The smallest absolute Gasteiger partial charge is 0.349 e. The number of alkyl halides is 3. The van der Waals surface area contributed by atoms with Gasteiger partial charge in [-0.1, -0.05) is 42.5 Å². The molecule has 3 aromatic rings. The summed E-state index contributed by atoms with van der Waals surface area (Å²) in [6.07, 6.45) is -3.95. The maximum Gasteiger partial charge on any atom is 0.418 e. The number of carbonyl (C=O) groups excluding carboxylic acids is 1. The lowest BCUT2D eigenvalue weighted by Gasteiger charge is -2.24. The lowest BCUT2D eigenvalue weighted by Crippen LogP contribution is -2.43. The van der Waals surface area contributed by atoms with E-state index in [0.29, 0.717) is 6.42 Å². The summed E-state index contributed by atoms with van der Waals surface area (Å²) in [6, 6.07) is 15.7. The van der Waals surface area contributed by atoms with Crippen molar-refractivity contribution in [2.45, 2.75) is 25.6 Å². The van der Waals surface area contributed by atoms with Gasteiger partial charge in [0.25, 0.3) is 5.91 Å². The Hall–Kier alpha value is -3.46. The lowest BCUT2D eigenvalue weighted by atomic mass is 10.1. The number of benzene rings is 2. The summed E-state index contributed by atoms with van der Waals surface area (Å²) in [6.45, 7) is 1.69. The molecular formula is C24H25F3N4O2. The maximum atomic E-state index is 13.5. The molecule has 0 aliphatic rings. The van der Waals surface area contributed by atoms with Crippen molar-refractivity contribution in [2.75, 3.05) is 20.6 Å². The number of hydrogen-bond acceptors (Lipinski definition) is 4. The number of carbonyl (C=O) groups is 1. The summed E-state index contributed by atoms with van der Waals surface area (Å²) in [5.74, 6) is -0.738. The van der Waals surface area contributed by atoms with Crippen LogP contribution in [-0.4, -0.2) is 47.3 Å². The van der Waals surface area contributed by atoms with Crippen molar-refractivity contribution in [3.63, 3.8) is 0 Å². The highest BCUT2D eigenvalue weighted by atomic mass is 19.4. The molecule has 1 amide bonds. The van der Waals surface area contributed by atoms with Crippen LogP contribution in [-0.2, 0) is 12.6 Å². The highest BCUT2D eigenvalue weighted by Crippen LogP contribution is 2.33. The standard InChI is InChI=1S/C24H25F3N4O2/c1-16-13-21(32)22(29-31(16)20-12-8-7-11-19(20)24(25,26)27)23(33)28-15-18(30(2)3)14-17-9-5-4-6-10-17/h4-13,18H,14-15H2,1-3H3,(H,28,33). The van der Waals surface area contributed by atoms with Gasteiger partial charge in [-0.2, -0.15) is 18.3 Å². The molecule has 174 valence electrons. The van der Waals surface area contributed by atoms with Gasteiger partial charge in [0.15, 0.2) is 5.69 Å². The van der Waals surface area contributed by atoms with Crippen LogP contribution in [0.4, 0.5) is 13.2 Å². The average molecular weight is 458 g/mol. The normalized spacial score (nSPS) is 12.6. The van der Waals surface area contributed by atoms with E-state index >= 15 is 0 Å². The van der Waals surface area contributed by atoms with E-state index in [-0.39, 0.29) is 24.0 Å². The monoisotopic (exact) mass is 458 g/mol. The fraction of sp³-hybridized carbons (Fsp3) is 0.292. The summed E-state index contributed by atoms with van der Waals surface area (Å²) < 4.78 is 41.4. The lowest BCUT2D eigenvalue weighted by molar-refractivity contribution is -0.137. The van der Waals surface area contributed by atoms with E-state index < -0.39 is 28.8 Å². The fourth-order valence-electron chi connectivity index (χ4n) is 3.46. The van der Waals surface area contributed by atoms with Crippen LogP contribution in [0.2, 0.25) is 0 Å². The topological polar surface area (TPSA) is 67.2 Å². The van der Waals surface area contributed by atoms with Crippen molar-refractivity contribution in [2.24, 2.45) is 0 Å².